The summed E-state index contributed by atoms with van der Waals surface area (Å²) in [5, 5.41) is 0. The minimum Gasteiger partial charge on any atom is -0.214 e. The molecule has 0 aromatic heterocycles. The molecule has 0 radical (unpaired) electrons. The molecule has 0 unspecified atom stereocenters. The van der Waals surface area contributed by atoms with E-state index in [9.17, 15) is 0 Å². The van der Waals surface area contributed by atoms with Crippen molar-refractivity contribution in [2.45, 2.75) is 33.1 Å². The standard InChI is InChI=1S/C10H15.C5H5.Fe/c1-8-6-5-7-9(8)10(2,3)4;1-2-4-5-3-1;/h5-7H,1-4H3;1-5H;/q2*-1;+2. The summed E-state index contributed by atoms with van der Waals surface area (Å²) in [6.07, 6.45) is 0. The third-order valence-electron chi connectivity index (χ3n) is 2.40. The average Bonchev–Trinajstić information content (AvgIpc) is 2.72. The molecule has 0 aliphatic heterocycles. The maximum atomic E-state index is 2.25. The summed E-state index contributed by atoms with van der Waals surface area (Å²) in [4.78, 5) is 0. The summed E-state index contributed by atoms with van der Waals surface area (Å²) in [5.74, 6) is 0. The first-order valence-corrected chi connectivity index (χ1v) is 5.41. The molecular formula is C15H20Fe. The van der Waals surface area contributed by atoms with Gasteiger partial charge in [0.15, 0.2) is 0 Å². The van der Waals surface area contributed by atoms with E-state index < -0.39 is 0 Å². The van der Waals surface area contributed by atoms with Gasteiger partial charge < -0.3 is 0 Å². The largest absolute Gasteiger partial charge is 2.00 e. The van der Waals surface area contributed by atoms with E-state index >= 15 is 0 Å². The summed E-state index contributed by atoms with van der Waals surface area (Å²) in [7, 11) is 0. The zero-order valence-corrected chi connectivity index (χ0v) is 11.6. The van der Waals surface area contributed by atoms with Gasteiger partial charge in [0.2, 0.25) is 0 Å². The van der Waals surface area contributed by atoms with Crippen LogP contribution in [0.2, 0.25) is 0 Å². The third kappa shape index (κ3) is 4.83. The summed E-state index contributed by atoms with van der Waals surface area (Å²) < 4.78 is 0. The smallest absolute Gasteiger partial charge is 0.214 e. The van der Waals surface area contributed by atoms with Crippen LogP contribution in [0.25, 0.3) is 0 Å². The van der Waals surface area contributed by atoms with Crippen LogP contribution < -0.4 is 0 Å². The van der Waals surface area contributed by atoms with Crippen molar-refractivity contribution in [2.75, 3.05) is 0 Å². The number of rotatable bonds is 0. The zero-order valence-electron chi connectivity index (χ0n) is 10.5. The van der Waals surface area contributed by atoms with E-state index in [0.717, 1.165) is 0 Å². The van der Waals surface area contributed by atoms with Crippen LogP contribution in [0, 0.1) is 6.92 Å². The molecule has 16 heavy (non-hydrogen) atoms. The van der Waals surface area contributed by atoms with Crippen molar-refractivity contribution >= 4 is 0 Å². The molecule has 2 rings (SSSR count). The fraction of sp³-hybridized carbons (Fsp3) is 0.333. The van der Waals surface area contributed by atoms with Crippen LogP contribution in [0.1, 0.15) is 31.9 Å². The second-order valence-corrected chi connectivity index (χ2v) is 4.83. The Hall–Kier alpha value is -0.781. The molecule has 0 spiro atoms. The van der Waals surface area contributed by atoms with Gasteiger partial charge in [-0.2, -0.15) is 41.5 Å². The SMILES string of the molecule is Cc1cc[cH-]c1C(C)(C)C.[Fe+2].c1cc[cH-]c1. The molecular weight excluding hydrogens is 236 g/mol. The molecule has 0 heterocycles. The van der Waals surface area contributed by atoms with Gasteiger partial charge in [0, 0.05) is 0 Å². The molecule has 0 saturated heterocycles. The van der Waals surface area contributed by atoms with Gasteiger partial charge in [0.25, 0.3) is 0 Å². The van der Waals surface area contributed by atoms with Crippen LogP contribution in [-0.2, 0) is 22.5 Å². The quantitative estimate of drug-likeness (QED) is 0.483. The monoisotopic (exact) mass is 256 g/mol. The Morgan fingerprint density at radius 2 is 1.56 bits per heavy atom. The van der Waals surface area contributed by atoms with Gasteiger partial charge >= 0.3 is 17.1 Å². The predicted molar refractivity (Wildman–Crippen MR) is 67.5 cm³/mol. The molecule has 0 fully saturated rings. The molecule has 88 valence electrons. The van der Waals surface area contributed by atoms with Crippen molar-refractivity contribution in [1.29, 1.82) is 0 Å². The van der Waals surface area contributed by atoms with Gasteiger partial charge in [-0.15, -0.1) is 0 Å². The van der Waals surface area contributed by atoms with Crippen molar-refractivity contribution in [3.8, 4) is 0 Å². The fourth-order valence-corrected chi connectivity index (χ4v) is 1.67. The van der Waals surface area contributed by atoms with Crippen LogP contribution in [-0.4, -0.2) is 0 Å². The molecule has 0 amide bonds. The first kappa shape index (κ1) is 15.2. The van der Waals surface area contributed by atoms with E-state index in [1.54, 1.807) is 0 Å². The topological polar surface area (TPSA) is 0 Å². The van der Waals surface area contributed by atoms with Gasteiger partial charge in [-0.25, -0.2) is 18.2 Å². The third-order valence-corrected chi connectivity index (χ3v) is 2.40. The normalized spacial score (nSPS) is 10.0. The molecule has 0 nitrogen and oxygen atoms in total. The summed E-state index contributed by atoms with van der Waals surface area (Å²) in [5.41, 5.74) is 3.19. The summed E-state index contributed by atoms with van der Waals surface area (Å²) in [6, 6.07) is 16.5. The van der Waals surface area contributed by atoms with Gasteiger partial charge in [-0.3, -0.25) is 0 Å². The van der Waals surface area contributed by atoms with Gasteiger partial charge in [0.1, 0.15) is 0 Å². The number of hydrogen-bond acceptors (Lipinski definition) is 0. The molecule has 2 aromatic carbocycles. The van der Waals surface area contributed by atoms with E-state index in [0.29, 0.717) is 5.41 Å². The second kappa shape index (κ2) is 6.73. The number of hydrogen-bond donors (Lipinski definition) is 0. The van der Waals surface area contributed by atoms with Gasteiger partial charge in [-0.05, 0) is 5.41 Å². The number of aryl methyl sites for hydroxylation is 1. The van der Waals surface area contributed by atoms with Gasteiger partial charge in [0.05, 0.1) is 0 Å². The van der Waals surface area contributed by atoms with Crippen molar-refractivity contribution in [2.24, 2.45) is 0 Å². The van der Waals surface area contributed by atoms with Crippen molar-refractivity contribution in [3.05, 3.63) is 59.7 Å². The molecule has 0 atom stereocenters. The molecule has 0 saturated carbocycles. The van der Waals surface area contributed by atoms with E-state index in [4.69, 9.17) is 0 Å². The van der Waals surface area contributed by atoms with Crippen LogP contribution in [0.4, 0.5) is 0 Å². The molecule has 0 aliphatic carbocycles. The Balaban J connectivity index is 0.000000318. The first-order chi connectivity index (χ1) is 7.02. The minimum atomic E-state index is 0. The van der Waals surface area contributed by atoms with Crippen LogP contribution >= 0.6 is 0 Å². The first-order valence-electron chi connectivity index (χ1n) is 5.41. The van der Waals surface area contributed by atoms with Crippen molar-refractivity contribution < 1.29 is 17.1 Å². The second-order valence-electron chi connectivity index (χ2n) is 4.83. The van der Waals surface area contributed by atoms with Gasteiger partial charge in [-0.1, -0.05) is 27.7 Å². The van der Waals surface area contributed by atoms with E-state index in [1.165, 1.54) is 11.1 Å². The Kier molecular flexibility index (Phi) is 6.40. The van der Waals surface area contributed by atoms with E-state index in [2.05, 4.69) is 45.9 Å². The molecule has 0 bridgehead atoms. The van der Waals surface area contributed by atoms with Crippen LogP contribution in [0.5, 0.6) is 0 Å². The van der Waals surface area contributed by atoms with E-state index in [-0.39, 0.29) is 17.1 Å². The summed E-state index contributed by atoms with van der Waals surface area (Å²) >= 11 is 0. The molecule has 0 aliphatic rings. The maximum Gasteiger partial charge on any atom is 2.00 e. The zero-order chi connectivity index (χ0) is 11.3. The maximum absolute atomic E-state index is 2.25. The van der Waals surface area contributed by atoms with Crippen molar-refractivity contribution in [3.63, 3.8) is 0 Å². The fourth-order valence-electron chi connectivity index (χ4n) is 1.67. The minimum absolute atomic E-state index is 0. The van der Waals surface area contributed by atoms with Crippen molar-refractivity contribution in [1.82, 2.24) is 0 Å². The Morgan fingerprint density at radius 3 is 1.75 bits per heavy atom. The molecule has 2 aromatic rings. The Bertz CT molecular complexity index is 343. The van der Waals surface area contributed by atoms with Crippen LogP contribution in [0.15, 0.2) is 48.5 Å². The van der Waals surface area contributed by atoms with Crippen LogP contribution in [0.3, 0.4) is 0 Å². The van der Waals surface area contributed by atoms with E-state index in [1.807, 2.05) is 30.3 Å². The average molecular weight is 256 g/mol. The Labute approximate surface area is 110 Å². The Morgan fingerprint density at radius 1 is 1.00 bits per heavy atom. The summed E-state index contributed by atoms with van der Waals surface area (Å²) in [6.45, 7) is 8.90. The predicted octanol–water partition coefficient (Wildman–Crippen LogP) is 4.41. The molecule has 0 N–H and O–H groups in total. The molecule has 1 heteroatoms.